The number of halogens is 1. The molecule has 1 nitrogen and oxygen atoms in total. The van der Waals surface area contributed by atoms with Gasteiger partial charge < -0.3 is 4.74 Å². The Morgan fingerprint density at radius 2 is 2.00 bits per heavy atom. The third-order valence-corrected chi connectivity index (χ3v) is 4.66. The minimum Gasteiger partial charge on any atom is -0.375 e. The van der Waals surface area contributed by atoms with Gasteiger partial charge in [-0.3, -0.25) is 0 Å². The quantitative estimate of drug-likeness (QED) is 0.465. The van der Waals surface area contributed by atoms with E-state index in [1.165, 1.54) is 32.1 Å². The largest absolute Gasteiger partial charge is 0.375 e. The van der Waals surface area contributed by atoms with Gasteiger partial charge in [0.15, 0.2) is 0 Å². The topological polar surface area (TPSA) is 9.23 Å². The Hall–Kier alpha value is 0.250. The monoisotopic (exact) mass is 246 g/mol. The summed E-state index contributed by atoms with van der Waals surface area (Å²) in [7, 11) is 0. The van der Waals surface area contributed by atoms with Gasteiger partial charge in [-0.25, -0.2) is 0 Å². The fraction of sp³-hybridized carbons (Fsp3) is 1.00. The second kappa shape index (κ2) is 6.26. The third-order valence-electron chi connectivity index (χ3n) is 3.92. The molecule has 0 N–H and O–H groups in total. The van der Waals surface area contributed by atoms with Crippen molar-refractivity contribution in [2.24, 2.45) is 5.41 Å². The first-order chi connectivity index (χ1) is 7.48. The summed E-state index contributed by atoms with van der Waals surface area (Å²) < 4.78 is 6.07. The number of rotatable bonds is 7. The van der Waals surface area contributed by atoms with Crippen molar-refractivity contribution in [3.8, 4) is 0 Å². The van der Waals surface area contributed by atoms with E-state index < -0.39 is 0 Å². The Balaban J connectivity index is 2.13. The lowest BCUT2D eigenvalue weighted by Gasteiger charge is -2.49. The Labute approximate surface area is 106 Å². The van der Waals surface area contributed by atoms with Crippen LogP contribution in [0.5, 0.6) is 0 Å². The minimum absolute atomic E-state index is 0.166. The van der Waals surface area contributed by atoms with Gasteiger partial charge in [0.2, 0.25) is 0 Å². The summed E-state index contributed by atoms with van der Waals surface area (Å²) in [6.45, 7) is 8.87. The molecule has 1 aliphatic carbocycles. The Morgan fingerprint density at radius 3 is 2.50 bits per heavy atom. The van der Waals surface area contributed by atoms with Crippen molar-refractivity contribution in [1.29, 1.82) is 0 Å². The molecule has 0 heterocycles. The SMILES string of the molecule is CCCCCCC(C)OC1CC(Cl)C1(C)C. The summed E-state index contributed by atoms with van der Waals surface area (Å²) in [6.07, 6.45) is 8.28. The highest BCUT2D eigenvalue weighted by Gasteiger charge is 2.48. The highest BCUT2D eigenvalue weighted by molar-refractivity contribution is 6.21. The molecule has 0 aromatic carbocycles. The van der Waals surface area contributed by atoms with Gasteiger partial charge >= 0.3 is 0 Å². The number of alkyl halides is 1. The maximum absolute atomic E-state index is 6.18. The fourth-order valence-corrected chi connectivity index (χ4v) is 2.58. The highest BCUT2D eigenvalue weighted by atomic mass is 35.5. The molecule has 3 atom stereocenters. The summed E-state index contributed by atoms with van der Waals surface area (Å²) in [5.41, 5.74) is 0.166. The summed E-state index contributed by atoms with van der Waals surface area (Å²) in [5, 5.41) is 0.296. The van der Waals surface area contributed by atoms with Crippen molar-refractivity contribution in [1.82, 2.24) is 0 Å². The molecule has 16 heavy (non-hydrogen) atoms. The Morgan fingerprint density at radius 1 is 1.31 bits per heavy atom. The lowest BCUT2D eigenvalue weighted by Crippen LogP contribution is -2.52. The van der Waals surface area contributed by atoms with E-state index in [0.29, 0.717) is 17.6 Å². The van der Waals surface area contributed by atoms with E-state index in [4.69, 9.17) is 16.3 Å². The summed E-state index contributed by atoms with van der Waals surface area (Å²) in [5.74, 6) is 0. The second-order valence-electron chi connectivity index (χ2n) is 5.81. The van der Waals surface area contributed by atoms with E-state index in [2.05, 4.69) is 27.7 Å². The normalized spacial score (nSPS) is 29.8. The molecule has 3 unspecified atom stereocenters. The van der Waals surface area contributed by atoms with E-state index >= 15 is 0 Å². The maximum Gasteiger partial charge on any atom is 0.0658 e. The van der Waals surface area contributed by atoms with Crippen LogP contribution in [0, 0.1) is 5.41 Å². The summed E-state index contributed by atoms with van der Waals surface area (Å²) in [6, 6.07) is 0. The van der Waals surface area contributed by atoms with Crippen molar-refractivity contribution in [3.05, 3.63) is 0 Å². The van der Waals surface area contributed by atoms with E-state index in [1.807, 2.05) is 0 Å². The standard InChI is InChI=1S/C14H27ClO/c1-5-6-7-8-9-11(2)16-13-10-12(15)14(13,3)4/h11-13H,5-10H2,1-4H3. The molecular weight excluding hydrogens is 220 g/mol. The molecule has 0 spiro atoms. The van der Waals surface area contributed by atoms with Crippen molar-refractivity contribution >= 4 is 11.6 Å². The van der Waals surface area contributed by atoms with Crippen molar-refractivity contribution in [2.45, 2.75) is 83.8 Å². The van der Waals surface area contributed by atoms with E-state index in [1.54, 1.807) is 0 Å². The van der Waals surface area contributed by atoms with Crippen LogP contribution in [0.25, 0.3) is 0 Å². The van der Waals surface area contributed by atoms with Gasteiger partial charge in [0.1, 0.15) is 0 Å². The molecule has 0 amide bonds. The van der Waals surface area contributed by atoms with E-state index in [0.717, 1.165) is 6.42 Å². The van der Waals surface area contributed by atoms with Crippen molar-refractivity contribution < 1.29 is 4.74 Å². The van der Waals surface area contributed by atoms with E-state index in [9.17, 15) is 0 Å². The molecular formula is C14H27ClO. The molecule has 0 bridgehead atoms. The van der Waals surface area contributed by atoms with Crippen LogP contribution < -0.4 is 0 Å². The zero-order valence-corrected chi connectivity index (χ0v) is 12.0. The predicted octanol–water partition coefficient (Wildman–Crippen LogP) is 4.77. The van der Waals surface area contributed by atoms with Crippen LogP contribution in [-0.4, -0.2) is 17.6 Å². The summed E-state index contributed by atoms with van der Waals surface area (Å²) >= 11 is 6.18. The van der Waals surface area contributed by atoms with Gasteiger partial charge in [0.05, 0.1) is 12.2 Å². The third kappa shape index (κ3) is 3.63. The van der Waals surface area contributed by atoms with Crippen LogP contribution in [0.4, 0.5) is 0 Å². The molecule has 2 heteroatoms. The molecule has 0 aromatic heterocycles. The van der Waals surface area contributed by atoms with Gasteiger partial charge in [0.25, 0.3) is 0 Å². The average Bonchev–Trinajstić information content (AvgIpc) is 2.24. The number of unbranched alkanes of at least 4 members (excludes halogenated alkanes) is 3. The Bertz CT molecular complexity index is 203. The van der Waals surface area contributed by atoms with Crippen LogP contribution in [0.1, 0.15) is 66.2 Å². The fourth-order valence-electron chi connectivity index (χ4n) is 2.27. The molecule has 1 rings (SSSR count). The van der Waals surface area contributed by atoms with Crippen molar-refractivity contribution in [2.75, 3.05) is 0 Å². The molecule has 1 fully saturated rings. The molecule has 0 aromatic rings. The molecule has 1 saturated carbocycles. The van der Waals surface area contributed by atoms with Crippen molar-refractivity contribution in [3.63, 3.8) is 0 Å². The van der Waals surface area contributed by atoms with Gasteiger partial charge in [-0.2, -0.15) is 0 Å². The first-order valence-corrected chi connectivity index (χ1v) is 7.21. The average molecular weight is 247 g/mol. The van der Waals surface area contributed by atoms with Gasteiger partial charge in [-0.05, 0) is 19.8 Å². The molecule has 0 aliphatic heterocycles. The van der Waals surface area contributed by atoms with Crippen LogP contribution in [0.15, 0.2) is 0 Å². The van der Waals surface area contributed by atoms with E-state index in [-0.39, 0.29) is 5.41 Å². The van der Waals surface area contributed by atoms with Crippen LogP contribution in [0.2, 0.25) is 0 Å². The number of hydrogen-bond acceptors (Lipinski definition) is 1. The molecule has 96 valence electrons. The Kier molecular flexibility index (Phi) is 5.60. The zero-order chi connectivity index (χ0) is 12.2. The first-order valence-electron chi connectivity index (χ1n) is 6.78. The minimum atomic E-state index is 0.166. The van der Waals surface area contributed by atoms with Gasteiger partial charge in [-0.1, -0.05) is 46.5 Å². The first kappa shape index (κ1) is 14.3. The molecule has 1 aliphatic rings. The lowest BCUT2D eigenvalue weighted by molar-refractivity contribution is -0.121. The molecule has 0 radical (unpaired) electrons. The lowest BCUT2D eigenvalue weighted by atomic mass is 9.68. The van der Waals surface area contributed by atoms with Crippen LogP contribution in [-0.2, 0) is 4.74 Å². The van der Waals surface area contributed by atoms with Gasteiger partial charge in [0, 0.05) is 10.8 Å². The number of hydrogen-bond donors (Lipinski definition) is 0. The summed E-state index contributed by atoms with van der Waals surface area (Å²) in [4.78, 5) is 0. The predicted molar refractivity (Wildman–Crippen MR) is 71.1 cm³/mol. The van der Waals surface area contributed by atoms with Gasteiger partial charge in [-0.15, -0.1) is 11.6 Å². The smallest absolute Gasteiger partial charge is 0.0658 e. The zero-order valence-electron chi connectivity index (χ0n) is 11.3. The maximum atomic E-state index is 6.18. The van der Waals surface area contributed by atoms with Crippen LogP contribution >= 0.6 is 11.6 Å². The highest BCUT2D eigenvalue weighted by Crippen LogP contribution is 2.46. The van der Waals surface area contributed by atoms with Crippen LogP contribution in [0.3, 0.4) is 0 Å². The second-order valence-corrected chi connectivity index (χ2v) is 6.34. The number of ether oxygens (including phenoxy) is 1. The molecule has 0 saturated heterocycles.